The summed E-state index contributed by atoms with van der Waals surface area (Å²) in [4.78, 5) is 30.5. The summed E-state index contributed by atoms with van der Waals surface area (Å²) in [7, 11) is 3.76. The highest BCUT2D eigenvalue weighted by Crippen LogP contribution is 2.37. The molecule has 4 heterocycles. The number of rotatable bonds is 6. The van der Waals surface area contributed by atoms with Crippen molar-refractivity contribution in [3.8, 4) is 11.1 Å². The Balaban J connectivity index is 1.50. The number of hydrogen-bond donors (Lipinski definition) is 1. The molecule has 0 aliphatic carbocycles. The highest BCUT2D eigenvalue weighted by Gasteiger charge is 2.31. The Morgan fingerprint density at radius 1 is 0.977 bits per heavy atom. The number of piperazine rings is 1. The number of carbonyl (C=O) groups excluding carboxylic acids is 1. The minimum Gasteiger partial charge on any atom is -0.376 e. The first-order valence-electron chi connectivity index (χ1n) is 14.7. The Kier molecular flexibility index (Phi) is 8.98. The van der Waals surface area contributed by atoms with E-state index in [9.17, 15) is 13.6 Å². The number of nitrogens with one attached hydrogen (secondary N) is 1. The number of alkyl halides is 2. The molecule has 1 N–H and O–H groups in total. The molecule has 2 fully saturated rings. The van der Waals surface area contributed by atoms with Crippen LogP contribution in [0.4, 0.5) is 30.5 Å². The maximum Gasteiger partial charge on any atom is 0.264 e. The number of nitrogens with zero attached hydrogens (tertiary/aromatic N) is 6. The van der Waals surface area contributed by atoms with Gasteiger partial charge in [-0.25, -0.2) is 23.1 Å². The van der Waals surface area contributed by atoms with Crippen molar-refractivity contribution in [1.29, 1.82) is 0 Å². The van der Waals surface area contributed by atoms with E-state index in [0.717, 1.165) is 0 Å². The third-order valence-corrected chi connectivity index (χ3v) is 8.43. The van der Waals surface area contributed by atoms with Gasteiger partial charge in [0, 0.05) is 87.1 Å². The average Bonchev–Trinajstić information content (AvgIpc) is 2.95. The van der Waals surface area contributed by atoms with Gasteiger partial charge in [0.25, 0.3) is 12.3 Å². The summed E-state index contributed by atoms with van der Waals surface area (Å²) in [6, 6.07) is 3.29. The van der Waals surface area contributed by atoms with Crippen molar-refractivity contribution < 1.29 is 22.7 Å². The molecule has 9 nitrogen and oxygen atoms in total. The van der Waals surface area contributed by atoms with Crippen molar-refractivity contribution in [1.82, 2.24) is 19.8 Å². The molecule has 1 aromatic heterocycles. The van der Waals surface area contributed by atoms with E-state index in [1.54, 1.807) is 30.4 Å². The Morgan fingerprint density at radius 2 is 1.60 bits per heavy atom. The molecule has 232 valence electrons. The van der Waals surface area contributed by atoms with Gasteiger partial charge in [-0.15, -0.1) is 0 Å². The molecule has 3 aliphatic rings. The van der Waals surface area contributed by atoms with Crippen LogP contribution in [0.25, 0.3) is 11.1 Å². The summed E-state index contributed by atoms with van der Waals surface area (Å²) in [6.45, 7) is 10.9. The van der Waals surface area contributed by atoms with E-state index < -0.39 is 18.1 Å². The summed E-state index contributed by atoms with van der Waals surface area (Å²) in [6.07, 6.45) is 3.16. The predicted molar refractivity (Wildman–Crippen MR) is 162 cm³/mol. The number of aromatic nitrogens is 2. The summed E-state index contributed by atoms with van der Waals surface area (Å²) < 4.78 is 49.3. The summed E-state index contributed by atoms with van der Waals surface area (Å²) in [5.41, 5.74) is 1.00. The fourth-order valence-electron chi connectivity index (χ4n) is 6.00. The van der Waals surface area contributed by atoms with Gasteiger partial charge in [-0.1, -0.05) is 6.08 Å². The van der Waals surface area contributed by atoms with Crippen LogP contribution in [0.5, 0.6) is 0 Å². The molecule has 0 bridgehead atoms. The minimum absolute atomic E-state index is 0.0303. The molecular weight excluding hydrogens is 559 g/mol. The molecular formula is C31H40F3N7O2. The molecule has 2 saturated heterocycles. The van der Waals surface area contributed by atoms with Crippen LogP contribution in [0.3, 0.4) is 0 Å². The number of amides is 1. The molecule has 0 unspecified atom stereocenters. The second kappa shape index (κ2) is 12.5. The first-order chi connectivity index (χ1) is 20.4. The molecule has 12 heteroatoms. The van der Waals surface area contributed by atoms with E-state index in [2.05, 4.69) is 34.0 Å². The number of likely N-dealkylation sites (N-methyl/N-ethyl adjacent to an activating group) is 2. The van der Waals surface area contributed by atoms with Crippen LogP contribution < -0.4 is 15.1 Å². The first kappa shape index (κ1) is 30.8. The van der Waals surface area contributed by atoms with Crippen LogP contribution in [-0.2, 0) is 9.53 Å². The maximum absolute atomic E-state index is 15.9. The average molecular weight is 600 g/mol. The van der Waals surface area contributed by atoms with Gasteiger partial charge in [0.1, 0.15) is 5.82 Å². The van der Waals surface area contributed by atoms with Crippen LogP contribution in [0, 0.1) is 5.82 Å². The van der Waals surface area contributed by atoms with Crippen molar-refractivity contribution in [2.24, 2.45) is 0 Å². The van der Waals surface area contributed by atoms with Crippen molar-refractivity contribution in [2.75, 3.05) is 61.9 Å². The maximum atomic E-state index is 15.9. The van der Waals surface area contributed by atoms with Crippen LogP contribution >= 0.6 is 0 Å². The van der Waals surface area contributed by atoms with Crippen molar-refractivity contribution >= 4 is 23.2 Å². The molecule has 2 aromatic rings. The zero-order valence-electron chi connectivity index (χ0n) is 25.5. The van der Waals surface area contributed by atoms with Gasteiger partial charge in [0.05, 0.1) is 29.2 Å². The fraction of sp³-hybridized carbons (Fsp3) is 0.516. The lowest BCUT2D eigenvalue weighted by atomic mass is 10.0. The largest absolute Gasteiger partial charge is 0.376 e. The van der Waals surface area contributed by atoms with E-state index in [1.807, 2.05) is 30.7 Å². The molecule has 5 rings (SSSR count). The van der Waals surface area contributed by atoms with Crippen LogP contribution in [-0.4, -0.2) is 103 Å². The fourth-order valence-corrected chi connectivity index (χ4v) is 6.00. The number of anilines is 3. The molecule has 4 atom stereocenters. The van der Waals surface area contributed by atoms with E-state index in [-0.39, 0.29) is 47.5 Å². The summed E-state index contributed by atoms with van der Waals surface area (Å²) >= 11 is 0. The molecule has 0 spiro atoms. The van der Waals surface area contributed by atoms with Crippen LogP contribution in [0.1, 0.15) is 27.7 Å². The lowest BCUT2D eigenvalue weighted by Crippen LogP contribution is -2.55. The standard InChI is InChI=1S/C31H40F3N7O2/c1-18-13-40(14-19(2)39(18)6)28-10-26(32)24(22-11-35-31(36-12-22)41-15-20(3)43-21(4)16-41)9-27(28)37-30(42)25-17-38(5)8-7-23(25)29(33)34/h7,9-12,17-21,29H,8,13-16H2,1-6H3,(H,37,42)/t18-,19+,20-,21+. The molecule has 43 heavy (non-hydrogen) atoms. The predicted octanol–water partition coefficient (Wildman–Crippen LogP) is 4.38. The lowest BCUT2D eigenvalue weighted by Gasteiger charge is -2.44. The minimum atomic E-state index is -2.80. The SMILES string of the molecule is C[C@@H]1CN(c2ncc(-c3cc(NC(=O)C4=CN(C)CC=C4C(F)F)c(N4C[C@@H](C)N(C)[C@@H](C)C4)cc3F)cn2)C[C@H](C)O1. The summed E-state index contributed by atoms with van der Waals surface area (Å²) in [5, 5.41) is 2.84. The number of morpholine rings is 1. The molecule has 1 aromatic carbocycles. The second-order valence-electron chi connectivity index (χ2n) is 11.9. The number of halogens is 3. The zero-order valence-corrected chi connectivity index (χ0v) is 25.5. The van der Waals surface area contributed by atoms with Gasteiger partial charge in [0.15, 0.2) is 0 Å². The Labute approximate surface area is 251 Å². The zero-order chi connectivity index (χ0) is 31.0. The van der Waals surface area contributed by atoms with Gasteiger partial charge >= 0.3 is 0 Å². The molecule has 3 aliphatic heterocycles. The highest BCUT2D eigenvalue weighted by molar-refractivity contribution is 6.09. The van der Waals surface area contributed by atoms with Gasteiger partial charge in [-0.3, -0.25) is 9.69 Å². The normalized spacial score (nSPS) is 25.1. The third-order valence-electron chi connectivity index (χ3n) is 8.43. The summed E-state index contributed by atoms with van der Waals surface area (Å²) in [5.74, 6) is -0.660. The van der Waals surface area contributed by atoms with Gasteiger partial charge in [0.2, 0.25) is 5.95 Å². The van der Waals surface area contributed by atoms with Gasteiger partial charge < -0.3 is 24.8 Å². The third kappa shape index (κ3) is 6.65. The molecule has 0 radical (unpaired) electrons. The Bertz CT molecular complexity index is 1380. The van der Waals surface area contributed by atoms with E-state index in [4.69, 9.17) is 4.74 Å². The number of benzene rings is 1. The van der Waals surface area contributed by atoms with Crippen molar-refractivity contribution in [2.45, 2.75) is 58.4 Å². The van der Waals surface area contributed by atoms with Crippen molar-refractivity contribution in [3.63, 3.8) is 0 Å². The Hall–Kier alpha value is -3.64. The first-order valence-corrected chi connectivity index (χ1v) is 14.7. The molecule has 0 saturated carbocycles. The number of carbonyl (C=O) groups is 1. The Morgan fingerprint density at radius 3 is 2.21 bits per heavy atom. The van der Waals surface area contributed by atoms with Crippen LogP contribution in [0.15, 0.2) is 47.9 Å². The van der Waals surface area contributed by atoms with E-state index in [1.165, 1.54) is 18.3 Å². The second-order valence-corrected chi connectivity index (χ2v) is 11.9. The van der Waals surface area contributed by atoms with Gasteiger partial charge in [-0.2, -0.15) is 0 Å². The van der Waals surface area contributed by atoms with Crippen LogP contribution in [0.2, 0.25) is 0 Å². The molecule has 1 amide bonds. The topological polar surface area (TPSA) is 77.1 Å². The monoisotopic (exact) mass is 599 g/mol. The lowest BCUT2D eigenvalue weighted by molar-refractivity contribution is -0.112. The number of hydrogen-bond acceptors (Lipinski definition) is 8. The van der Waals surface area contributed by atoms with E-state index in [0.29, 0.717) is 49.1 Å². The van der Waals surface area contributed by atoms with E-state index >= 15 is 4.39 Å². The highest BCUT2D eigenvalue weighted by atomic mass is 19.3. The quantitative estimate of drug-likeness (QED) is 0.525. The smallest absolute Gasteiger partial charge is 0.264 e. The number of ether oxygens (including phenoxy) is 1. The van der Waals surface area contributed by atoms with Gasteiger partial charge in [-0.05, 0) is 46.9 Å². The van der Waals surface area contributed by atoms with Crippen molar-refractivity contribution in [3.05, 3.63) is 53.8 Å².